The molecule has 2 aromatic carbocycles. The molecule has 1 unspecified atom stereocenters. The van der Waals surface area contributed by atoms with E-state index in [1.165, 1.54) is 0 Å². The van der Waals surface area contributed by atoms with E-state index < -0.39 is 0 Å². The van der Waals surface area contributed by atoms with E-state index >= 15 is 0 Å². The third-order valence-electron chi connectivity index (χ3n) is 4.30. The van der Waals surface area contributed by atoms with E-state index in [0.717, 1.165) is 21.4 Å². The summed E-state index contributed by atoms with van der Waals surface area (Å²) < 4.78 is 0.945. The Morgan fingerprint density at radius 1 is 1.04 bits per heavy atom. The van der Waals surface area contributed by atoms with Crippen LogP contribution in [0.4, 0.5) is 0 Å². The topological polar surface area (TPSA) is 48.5 Å². The van der Waals surface area contributed by atoms with Crippen molar-refractivity contribution in [1.82, 2.24) is 9.99 Å². The number of aromatic amines is 1. The summed E-state index contributed by atoms with van der Waals surface area (Å²) >= 11 is 3.41. The van der Waals surface area contributed by atoms with Gasteiger partial charge < -0.3 is 4.98 Å². The summed E-state index contributed by atoms with van der Waals surface area (Å²) in [7, 11) is 0. The number of H-pyrrole nitrogens is 1. The van der Waals surface area contributed by atoms with E-state index in [4.69, 9.17) is 0 Å². The van der Waals surface area contributed by atoms with Crippen LogP contribution in [-0.4, -0.2) is 21.6 Å². The third kappa shape index (κ3) is 3.15. The molecule has 0 saturated heterocycles. The van der Waals surface area contributed by atoms with Gasteiger partial charge in [-0.25, -0.2) is 5.01 Å². The molecule has 0 spiro atoms. The second-order valence-corrected chi connectivity index (χ2v) is 6.83. The molecule has 124 valence electrons. The lowest BCUT2D eigenvalue weighted by Gasteiger charge is -2.22. The Hall–Kier alpha value is -2.66. The number of carbonyl (C=O) groups excluding carboxylic acids is 1. The molecule has 1 aromatic heterocycles. The van der Waals surface area contributed by atoms with Gasteiger partial charge in [0.25, 0.3) is 5.91 Å². The zero-order chi connectivity index (χ0) is 17.2. The van der Waals surface area contributed by atoms with Crippen LogP contribution in [0, 0.1) is 0 Å². The highest BCUT2D eigenvalue weighted by atomic mass is 79.9. The van der Waals surface area contributed by atoms with Crippen LogP contribution in [0.3, 0.4) is 0 Å². The zero-order valence-corrected chi connectivity index (χ0v) is 15.0. The molecule has 1 aliphatic rings. The second-order valence-electron chi connectivity index (χ2n) is 5.92. The quantitative estimate of drug-likeness (QED) is 0.684. The molecule has 4 rings (SSSR count). The minimum Gasteiger partial charge on any atom is -0.360 e. The standard InChI is InChI=1S/C20H16BrN3O/c21-16-10-8-15(9-11-16)20(25)24-19(14-5-2-1-3-6-14)13-18(23-24)17-7-4-12-22-17/h1-12,19,22H,13H2. The Morgan fingerprint density at radius 3 is 2.48 bits per heavy atom. The lowest BCUT2D eigenvalue weighted by Crippen LogP contribution is -2.27. The first-order chi connectivity index (χ1) is 12.2. The van der Waals surface area contributed by atoms with Crippen molar-refractivity contribution < 1.29 is 4.79 Å². The monoisotopic (exact) mass is 393 g/mol. The maximum absolute atomic E-state index is 13.1. The average molecular weight is 394 g/mol. The summed E-state index contributed by atoms with van der Waals surface area (Å²) in [6, 6.07) is 21.2. The minimum atomic E-state index is -0.101. The summed E-state index contributed by atoms with van der Waals surface area (Å²) in [6.07, 6.45) is 2.56. The number of halogens is 1. The first-order valence-corrected chi connectivity index (χ1v) is 8.87. The van der Waals surface area contributed by atoms with E-state index in [2.05, 4.69) is 26.0 Å². The van der Waals surface area contributed by atoms with Gasteiger partial charge in [-0.1, -0.05) is 46.3 Å². The van der Waals surface area contributed by atoms with Crippen LogP contribution >= 0.6 is 15.9 Å². The average Bonchev–Trinajstić information content (AvgIpc) is 3.32. The fourth-order valence-corrected chi connectivity index (χ4v) is 3.29. The molecular weight excluding hydrogens is 378 g/mol. The Kier molecular flexibility index (Phi) is 4.24. The summed E-state index contributed by atoms with van der Waals surface area (Å²) in [5, 5.41) is 6.25. The largest absolute Gasteiger partial charge is 0.360 e. The number of hydrogen-bond acceptors (Lipinski definition) is 2. The van der Waals surface area contributed by atoms with E-state index in [0.29, 0.717) is 12.0 Å². The Morgan fingerprint density at radius 2 is 1.80 bits per heavy atom. The number of carbonyl (C=O) groups is 1. The predicted octanol–water partition coefficient (Wildman–Crippen LogP) is 4.77. The lowest BCUT2D eigenvalue weighted by molar-refractivity contribution is 0.0711. The van der Waals surface area contributed by atoms with Crippen molar-refractivity contribution in [3.05, 3.63) is 94.2 Å². The van der Waals surface area contributed by atoms with Crippen LogP contribution in [0.15, 0.2) is 82.5 Å². The van der Waals surface area contributed by atoms with Crippen molar-refractivity contribution in [3.63, 3.8) is 0 Å². The molecule has 3 aromatic rings. The van der Waals surface area contributed by atoms with Gasteiger partial charge in [0.15, 0.2) is 0 Å². The molecule has 5 heteroatoms. The highest BCUT2D eigenvalue weighted by molar-refractivity contribution is 9.10. The van der Waals surface area contributed by atoms with Gasteiger partial charge >= 0.3 is 0 Å². The molecule has 0 aliphatic carbocycles. The second kappa shape index (κ2) is 6.69. The first kappa shape index (κ1) is 15.8. The number of nitrogens with one attached hydrogen (secondary N) is 1. The fourth-order valence-electron chi connectivity index (χ4n) is 3.03. The molecule has 0 saturated carbocycles. The molecule has 0 bridgehead atoms. The summed E-state index contributed by atoms with van der Waals surface area (Å²) in [6.45, 7) is 0. The predicted molar refractivity (Wildman–Crippen MR) is 101 cm³/mol. The smallest absolute Gasteiger partial charge is 0.274 e. The highest BCUT2D eigenvalue weighted by Crippen LogP contribution is 2.33. The molecule has 0 radical (unpaired) electrons. The molecule has 1 amide bonds. The van der Waals surface area contributed by atoms with Gasteiger partial charge in [0.05, 0.1) is 17.4 Å². The van der Waals surface area contributed by atoms with E-state index in [-0.39, 0.29) is 11.9 Å². The number of nitrogens with zero attached hydrogens (tertiary/aromatic N) is 2. The van der Waals surface area contributed by atoms with Crippen molar-refractivity contribution in [2.75, 3.05) is 0 Å². The maximum Gasteiger partial charge on any atom is 0.274 e. The van der Waals surface area contributed by atoms with Crippen LogP contribution in [-0.2, 0) is 0 Å². The van der Waals surface area contributed by atoms with Gasteiger partial charge in [-0.05, 0) is 42.0 Å². The summed E-state index contributed by atoms with van der Waals surface area (Å²) in [5.41, 5.74) is 3.55. The van der Waals surface area contributed by atoms with E-state index in [9.17, 15) is 4.79 Å². The first-order valence-electron chi connectivity index (χ1n) is 8.08. The Labute approximate surface area is 154 Å². The van der Waals surface area contributed by atoms with Gasteiger partial charge in [-0.3, -0.25) is 4.79 Å². The molecule has 1 aliphatic heterocycles. The number of amides is 1. The van der Waals surface area contributed by atoms with E-state index in [1.807, 2.05) is 72.9 Å². The highest BCUT2D eigenvalue weighted by Gasteiger charge is 2.33. The number of aromatic nitrogens is 1. The van der Waals surface area contributed by atoms with E-state index in [1.54, 1.807) is 5.01 Å². The molecular formula is C20H16BrN3O. The third-order valence-corrected chi connectivity index (χ3v) is 4.83. The Bertz CT molecular complexity index is 902. The van der Waals surface area contributed by atoms with Crippen molar-refractivity contribution >= 4 is 27.5 Å². The van der Waals surface area contributed by atoms with Gasteiger partial charge in [0.1, 0.15) is 0 Å². The van der Waals surface area contributed by atoms with Gasteiger partial charge in [0.2, 0.25) is 0 Å². The zero-order valence-electron chi connectivity index (χ0n) is 13.4. The van der Waals surface area contributed by atoms with Gasteiger partial charge in [0, 0.05) is 22.7 Å². The van der Waals surface area contributed by atoms with Crippen LogP contribution in [0.5, 0.6) is 0 Å². The maximum atomic E-state index is 13.1. The van der Waals surface area contributed by atoms with Crippen molar-refractivity contribution in [1.29, 1.82) is 0 Å². The number of hydrazone groups is 1. The lowest BCUT2D eigenvalue weighted by atomic mass is 10.0. The van der Waals surface area contributed by atoms with Crippen LogP contribution < -0.4 is 0 Å². The van der Waals surface area contributed by atoms with Crippen molar-refractivity contribution in [2.45, 2.75) is 12.5 Å². The van der Waals surface area contributed by atoms with Crippen molar-refractivity contribution in [2.24, 2.45) is 5.10 Å². The van der Waals surface area contributed by atoms with Gasteiger partial charge in [-0.2, -0.15) is 5.10 Å². The SMILES string of the molecule is O=C(c1ccc(Br)cc1)N1N=C(c2ccc[nH]2)CC1c1ccccc1. The molecule has 25 heavy (non-hydrogen) atoms. The number of benzene rings is 2. The van der Waals surface area contributed by atoms with Crippen LogP contribution in [0.2, 0.25) is 0 Å². The molecule has 2 heterocycles. The summed E-state index contributed by atoms with van der Waals surface area (Å²) in [4.78, 5) is 16.2. The number of hydrogen-bond donors (Lipinski definition) is 1. The van der Waals surface area contributed by atoms with Crippen molar-refractivity contribution in [3.8, 4) is 0 Å². The summed E-state index contributed by atoms with van der Waals surface area (Å²) in [5.74, 6) is -0.0945. The normalized spacial score (nSPS) is 16.8. The van der Waals surface area contributed by atoms with Crippen LogP contribution in [0.25, 0.3) is 0 Å². The molecule has 1 N–H and O–H groups in total. The fraction of sp³-hybridized carbons (Fsp3) is 0.100. The van der Waals surface area contributed by atoms with Crippen LogP contribution in [0.1, 0.15) is 34.1 Å². The molecule has 1 atom stereocenters. The minimum absolute atomic E-state index is 0.0945. The molecule has 0 fully saturated rings. The molecule has 4 nitrogen and oxygen atoms in total. The number of rotatable bonds is 3. The Balaban J connectivity index is 1.71. The van der Waals surface area contributed by atoms with Gasteiger partial charge in [-0.15, -0.1) is 0 Å².